The van der Waals surface area contributed by atoms with Crippen molar-refractivity contribution in [1.82, 2.24) is 20.4 Å². The quantitative estimate of drug-likeness (QED) is 0.446. The van der Waals surface area contributed by atoms with E-state index in [1.807, 2.05) is 24.3 Å². The average Bonchev–Trinajstić information content (AvgIpc) is 3.32. The van der Waals surface area contributed by atoms with Crippen LogP contribution in [0, 0.1) is 6.92 Å². The molecule has 1 fully saturated rings. The normalized spacial score (nSPS) is 14.1. The van der Waals surface area contributed by atoms with Gasteiger partial charge in [0.15, 0.2) is 6.61 Å². The molecule has 3 aromatic rings. The molecule has 1 saturated heterocycles. The highest BCUT2D eigenvalue weighted by atomic mass is 16.5. The molecule has 0 bridgehead atoms. The Hall–Kier alpha value is -3.43. The van der Waals surface area contributed by atoms with Gasteiger partial charge in [-0.2, -0.15) is 4.98 Å². The molecule has 0 spiro atoms. The number of aryl methyl sites for hydroxylation is 1. The van der Waals surface area contributed by atoms with E-state index in [4.69, 9.17) is 18.7 Å². The lowest BCUT2D eigenvalue weighted by atomic mass is 10.1. The molecule has 0 aliphatic carbocycles. The Morgan fingerprint density at radius 3 is 2.66 bits per heavy atom. The summed E-state index contributed by atoms with van der Waals surface area (Å²) in [6.45, 7) is 5.48. The molecule has 0 radical (unpaired) electrons. The predicted molar refractivity (Wildman–Crippen MR) is 129 cm³/mol. The van der Waals surface area contributed by atoms with Crippen LogP contribution in [0.3, 0.4) is 0 Å². The highest BCUT2D eigenvalue weighted by molar-refractivity contribution is 5.94. The lowest BCUT2D eigenvalue weighted by Gasteiger charge is -2.31. The van der Waals surface area contributed by atoms with Crippen LogP contribution in [0.1, 0.15) is 40.5 Å². The number of carbonyl (C=O) groups excluding carboxylic acids is 1. The van der Waals surface area contributed by atoms with E-state index >= 15 is 0 Å². The molecule has 1 aliphatic rings. The summed E-state index contributed by atoms with van der Waals surface area (Å²) in [4.78, 5) is 19.0. The topological polar surface area (TPSA) is 99.0 Å². The van der Waals surface area contributed by atoms with Crippen molar-refractivity contribution in [3.63, 3.8) is 0 Å². The van der Waals surface area contributed by atoms with Gasteiger partial charge in [0.2, 0.25) is 11.7 Å². The molecule has 4 rings (SSSR count). The van der Waals surface area contributed by atoms with E-state index in [1.54, 1.807) is 31.2 Å². The Bertz CT molecular complexity index is 1080. The monoisotopic (exact) mass is 480 g/mol. The smallest absolute Gasteiger partial charge is 0.251 e. The van der Waals surface area contributed by atoms with Crippen LogP contribution in [-0.2, 0) is 17.9 Å². The first-order valence-electron chi connectivity index (χ1n) is 11.9. The number of amides is 1. The number of likely N-dealkylation sites (N-methyl/N-ethyl adjacent to an activating group) is 1. The summed E-state index contributed by atoms with van der Waals surface area (Å²) in [7, 11) is 2.14. The summed E-state index contributed by atoms with van der Waals surface area (Å²) in [5, 5.41) is 6.74. The van der Waals surface area contributed by atoms with E-state index in [9.17, 15) is 4.79 Å². The molecular weight excluding hydrogens is 448 g/mol. The third kappa shape index (κ3) is 7.53. The zero-order valence-electron chi connectivity index (χ0n) is 20.2. The van der Waals surface area contributed by atoms with Gasteiger partial charge in [-0.3, -0.25) is 9.69 Å². The van der Waals surface area contributed by atoms with Crippen LogP contribution in [-0.4, -0.2) is 60.4 Å². The summed E-state index contributed by atoms with van der Waals surface area (Å²) in [6, 6.07) is 15.3. The van der Waals surface area contributed by atoms with Crippen LogP contribution in [0.5, 0.6) is 11.5 Å². The first-order chi connectivity index (χ1) is 17.1. The molecule has 186 valence electrons. The largest absolute Gasteiger partial charge is 0.492 e. The number of nitrogens with one attached hydrogen (secondary N) is 1. The van der Waals surface area contributed by atoms with Gasteiger partial charge in [-0.05, 0) is 61.9 Å². The minimum Gasteiger partial charge on any atom is -0.492 e. The van der Waals surface area contributed by atoms with Gasteiger partial charge >= 0.3 is 0 Å². The Morgan fingerprint density at radius 1 is 1.11 bits per heavy atom. The SMILES string of the molecule is Cc1nc(COc2ccc(C(=O)NCc3cccc(OCCN(C)C4CCOCC4)c3)cc2)no1. The van der Waals surface area contributed by atoms with E-state index in [0.717, 1.165) is 43.9 Å². The molecule has 1 N–H and O–H groups in total. The van der Waals surface area contributed by atoms with Crippen LogP contribution in [0.15, 0.2) is 53.1 Å². The van der Waals surface area contributed by atoms with Crippen molar-refractivity contribution >= 4 is 5.91 Å². The molecule has 35 heavy (non-hydrogen) atoms. The summed E-state index contributed by atoms with van der Waals surface area (Å²) in [6.07, 6.45) is 2.14. The lowest BCUT2D eigenvalue weighted by Crippen LogP contribution is -2.38. The molecule has 1 amide bonds. The fourth-order valence-corrected chi connectivity index (χ4v) is 3.90. The molecule has 0 atom stereocenters. The third-order valence-electron chi connectivity index (χ3n) is 5.93. The molecule has 1 aromatic heterocycles. The number of nitrogens with zero attached hydrogens (tertiary/aromatic N) is 3. The second-order valence-electron chi connectivity index (χ2n) is 8.55. The Kier molecular flexibility index (Phi) is 8.69. The van der Waals surface area contributed by atoms with Gasteiger partial charge in [-0.15, -0.1) is 0 Å². The second-order valence-corrected chi connectivity index (χ2v) is 8.55. The summed E-state index contributed by atoms with van der Waals surface area (Å²) < 4.78 is 21.9. The van der Waals surface area contributed by atoms with Gasteiger partial charge in [-0.1, -0.05) is 17.3 Å². The van der Waals surface area contributed by atoms with E-state index in [-0.39, 0.29) is 12.5 Å². The Balaban J connectivity index is 1.20. The zero-order chi connectivity index (χ0) is 24.5. The molecular formula is C26H32N4O5. The van der Waals surface area contributed by atoms with Crippen molar-refractivity contribution in [2.24, 2.45) is 0 Å². The van der Waals surface area contributed by atoms with Crippen LogP contribution in [0.25, 0.3) is 0 Å². The maximum absolute atomic E-state index is 12.6. The van der Waals surface area contributed by atoms with E-state index in [2.05, 4.69) is 27.4 Å². The maximum atomic E-state index is 12.6. The maximum Gasteiger partial charge on any atom is 0.251 e. The Labute approximate surface area is 205 Å². The summed E-state index contributed by atoms with van der Waals surface area (Å²) >= 11 is 0. The third-order valence-corrected chi connectivity index (χ3v) is 5.93. The van der Waals surface area contributed by atoms with E-state index in [0.29, 0.717) is 42.2 Å². The molecule has 0 unspecified atom stereocenters. The van der Waals surface area contributed by atoms with Crippen LogP contribution in [0.4, 0.5) is 0 Å². The highest BCUT2D eigenvalue weighted by Crippen LogP contribution is 2.16. The minimum absolute atomic E-state index is 0.158. The molecule has 9 heteroatoms. The van der Waals surface area contributed by atoms with E-state index in [1.165, 1.54) is 0 Å². The van der Waals surface area contributed by atoms with Gasteiger partial charge in [0.05, 0.1) is 0 Å². The summed E-state index contributed by atoms with van der Waals surface area (Å²) in [5.74, 6) is 2.23. The standard InChI is InChI=1S/C26H32N4O5/c1-19-28-25(29-35-19)18-34-23-8-6-21(7-9-23)26(31)27-17-20-4-3-5-24(16-20)33-15-12-30(2)22-10-13-32-14-11-22/h3-9,16,22H,10-15,17-18H2,1-2H3,(H,27,31). The zero-order valence-corrected chi connectivity index (χ0v) is 20.2. The van der Waals surface area contributed by atoms with Gasteiger partial charge < -0.3 is 24.1 Å². The fraction of sp³-hybridized carbons (Fsp3) is 0.423. The van der Waals surface area contributed by atoms with Crippen LogP contribution in [0.2, 0.25) is 0 Å². The van der Waals surface area contributed by atoms with Crippen molar-refractivity contribution in [3.05, 3.63) is 71.4 Å². The van der Waals surface area contributed by atoms with Crippen molar-refractivity contribution in [1.29, 1.82) is 0 Å². The molecule has 2 aromatic carbocycles. The number of hydrogen-bond donors (Lipinski definition) is 1. The summed E-state index contributed by atoms with van der Waals surface area (Å²) in [5.41, 5.74) is 1.53. The predicted octanol–water partition coefficient (Wildman–Crippen LogP) is 3.38. The number of carbonyl (C=O) groups is 1. The average molecular weight is 481 g/mol. The van der Waals surface area contributed by atoms with Crippen molar-refractivity contribution < 1.29 is 23.5 Å². The van der Waals surface area contributed by atoms with Crippen molar-refractivity contribution in [3.8, 4) is 11.5 Å². The van der Waals surface area contributed by atoms with Gasteiger partial charge in [0, 0.05) is 44.8 Å². The lowest BCUT2D eigenvalue weighted by molar-refractivity contribution is 0.0392. The first-order valence-corrected chi connectivity index (χ1v) is 11.9. The van der Waals surface area contributed by atoms with Gasteiger partial charge in [-0.25, -0.2) is 0 Å². The van der Waals surface area contributed by atoms with Crippen molar-refractivity contribution in [2.75, 3.05) is 33.4 Å². The molecule has 0 saturated carbocycles. The number of ether oxygens (including phenoxy) is 3. The Morgan fingerprint density at radius 2 is 1.91 bits per heavy atom. The number of rotatable bonds is 11. The first kappa shape index (κ1) is 24.7. The fourth-order valence-electron chi connectivity index (χ4n) is 3.90. The molecule has 1 aliphatic heterocycles. The molecule has 2 heterocycles. The second kappa shape index (κ2) is 12.3. The molecule has 9 nitrogen and oxygen atoms in total. The van der Waals surface area contributed by atoms with Crippen molar-refractivity contribution in [2.45, 2.75) is 39.0 Å². The number of aromatic nitrogens is 2. The van der Waals surface area contributed by atoms with Gasteiger partial charge in [0.25, 0.3) is 5.91 Å². The van der Waals surface area contributed by atoms with Crippen LogP contribution >= 0.6 is 0 Å². The van der Waals surface area contributed by atoms with Gasteiger partial charge in [0.1, 0.15) is 18.1 Å². The number of benzene rings is 2. The van der Waals surface area contributed by atoms with E-state index < -0.39 is 0 Å². The van der Waals surface area contributed by atoms with Crippen LogP contribution < -0.4 is 14.8 Å². The number of hydrogen-bond acceptors (Lipinski definition) is 8. The minimum atomic E-state index is -0.158. The highest BCUT2D eigenvalue weighted by Gasteiger charge is 2.18.